The van der Waals surface area contributed by atoms with Crippen molar-refractivity contribution in [3.63, 3.8) is 0 Å². The van der Waals surface area contributed by atoms with Gasteiger partial charge in [-0.15, -0.1) is 0 Å². The summed E-state index contributed by atoms with van der Waals surface area (Å²) in [5, 5.41) is 13.9. The molecule has 4 atom stereocenters. The third-order valence-corrected chi connectivity index (χ3v) is 3.78. The molecule has 0 aromatic rings. The van der Waals surface area contributed by atoms with Gasteiger partial charge in [0.05, 0.1) is 12.6 Å². The third-order valence-electron chi connectivity index (χ3n) is 3.78. The molecule has 7 heteroatoms. The Bertz CT molecular complexity index is 373. The van der Waals surface area contributed by atoms with Crippen LogP contribution in [0, 0.1) is 11.8 Å². The summed E-state index contributed by atoms with van der Waals surface area (Å²) < 4.78 is 0. The highest BCUT2D eigenvalue weighted by atomic mass is 16.4. The average Bonchev–Trinajstić information content (AvgIpc) is 2.47. The number of carbonyl (C=O) groups excluding carboxylic acids is 2. The lowest BCUT2D eigenvalue weighted by Gasteiger charge is -2.21. The second kappa shape index (κ2) is 9.33. The summed E-state index contributed by atoms with van der Waals surface area (Å²) in [6.45, 7) is 7.10. The van der Waals surface area contributed by atoms with Gasteiger partial charge in [0.2, 0.25) is 11.8 Å². The molecule has 0 radical (unpaired) electrons. The number of nitrogens with two attached hydrogens (primary N) is 1. The fourth-order valence-corrected chi connectivity index (χ4v) is 1.71. The molecule has 0 aromatic carbocycles. The van der Waals surface area contributed by atoms with Crippen LogP contribution >= 0.6 is 0 Å². The zero-order chi connectivity index (χ0) is 16.6. The summed E-state index contributed by atoms with van der Waals surface area (Å²) in [4.78, 5) is 34.5. The standard InChI is InChI=1S/C14H27N3O4/c1-5-8(3)11(15)13(19)16-7-10(18)17-12(14(20)21)9(4)6-2/h8-9,11-12H,5-7,15H2,1-4H3,(H,16,19)(H,17,18)(H,20,21). The SMILES string of the molecule is CCC(C)C(N)C(=O)NCC(=O)NC(C(=O)O)C(C)CC. The van der Waals surface area contributed by atoms with Crippen molar-refractivity contribution in [2.75, 3.05) is 6.54 Å². The molecular formula is C14H27N3O4. The molecule has 0 aliphatic carbocycles. The second-order valence-corrected chi connectivity index (χ2v) is 5.40. The molecule has 0 bridgehead atoms. The average molecular weight is 301 g/mol. The number of amides is 2. The number of carboxylic acid groups (broad SMARTS) is 1. The molecule has 7 nitrogen and oxygen atoms in total. The molecule has 0 rings (SSSR count). The highest BCUT2D eigenvalue weighted by molar-refractivity contribution is 5.89. The van der Waals surface area contributed by atoms with E-state index in [9.17, 15) is 14.4 Å². The van der Waals surface area contributed by atoms with E-state index in [0.29, 0.717) is 6.42 Å². The molecule has 4 unspecified atom stereocenters. The van der Waals surface area contributed by atoms with Crippen molar-refractivity contribution in [2.45, 2.75) is 52.6 Å². The monoisotopic (exact) mass is 301 g/mol. The van der Waals surface area contributed by atoms with Gasteiger partial charge < -0.3 is 21.5 Å². The summed E-state index contributed by atoms with van der Waals surface area (Å²) >= 11 is 0. The van der Waals surface area contributed by atoms with E-state index in [0.717, 1.165) is 6.42 Å². The minimum absolute atomic E-state index is 0.0138. The van der Waals surface area contributed by atoms with Gasteiger partial charge in [0.1, 0.15) is 6.04 Å². The maximum atomic E-state index is 11.7. The molecule has 5 N–H and O–H groups in total. The number of carboxylic acids is 1. The van der Waals surface area contributed by atoms with Gasteiger partial charge >= 0.3 is 5.97 Å². The Morgan fingerprint density at radius 3 is 2.05 bits per heavy atom. The molecule has 0 fully saturated rings. The zero-order valence-corrected chi connectivity index (χ0v) is 13.2. The van der Waals surface area contributed by atoms with Crippen LogP contribution < -0.4 is 16.4 Å². The van der Waals surface area contributed by atoms with Crippen LogP contribution in [0.15, 0.2) is 0 Å². The summed E-state index contributed by atoms with van der Waals surface area (Å²) in [6, 6.07) is -1.63. The molecular weight excluding hydrogens is 274 g/mol. The highest BCUT2D eigenvalue weighted by Gasteiger charge is 2.26. The minimum Gasteiger partial charge on any atom is -0.480 e. The first kappa shape index (κ1) is 19.4. The molecule has 0 saturated heterocycles. The van der Waals surface area contributed by atoms with Gasteiger partial charge in [-0.05, 0) is 11.8 Å². The van der Waals surface area contributed by atoms with E-state index in [-0.39, 0.29) is 18.4 Å². The first-order chi connectivity index (χ1) is 9.74. The maximum absolute atomic E-state index is 11.7. The predicted molar refractivity (Wildman–Crippen MR) is 79.5 cm³/mol. The molecule has 0 saturated carbocycles. The van der Waals surface area contributed by atoms with Gasteiger partial charge in [-0.25, -0.2) is 4.79 Å². The van der Waals surface area contributed by atoms with E-state index in [1.807, 2.05) is 20.8 Å². The van der Waals surface area contributed by atoms with Crippen molar-refractivity contribution >= 4 is 17.8 Å². The maximum Gasteiger partial charge on any atom is 0.326 e. The number of rotatable bonds is 9. The van der Waals surface area contributed by atoms with Crippen LogP contribution in [0.5, 0.6) is 0 Å². The van der Waals surface area contributed by atoms with Crippen LogP contribution in [-0.4, -0.2) is 41.5 Å². The van der Waals surface area contributed by atoms with Gasteiger partial charge in [-0.3, -0.25) is 9.59 Å². The second-order valence-electron chi connectivity index (χ2n) is 5.40. The molecule has 0 aromatic heterocycles. The van der Waals surface area contributed by atoms with Crippen molar-refractivity contribution in [2.24, 2.45) is 17.6 Å². The lowest BCUT2D eigenvalue weighted by atomic mass is 9.99. The summed E-state index contributed by atoms with van der Waals surface area (Å²) in [7, 11) is 0. The summed E-state index contributed by atoms with van der Waals surface area (Å²) in [6.07, 6.45) is 1.39. The number of carbonyl (C=O) groups is 3. The molecule has 0 heterocycles. The number of hydrogen-bond donors (Lipinski definition) is 4. The highest BCUT2D eigenvalue weighted by Crippen LogP contribution is 2.08. The van der Waals surface area contributed by atoms with Crippen LogP contribution in [0.25, 0.3) is 0 Å². The molecule has 122 valence electrons. The number of hydrogen-bond acceptors (Lipinski definition) is 4. The summed E-state index contributed by atoms with van der Waals surface area (Å²) in [5.41, 5.74) is 5.74. The van der Waals surface area contributed by atoms with E-state index in [2.05, 4.69) is 10.6 Å². The minimum atomic E-state index is -1.08. The topological polar surface area (TPSA) is 122 Å². The number of aliphatic carboxylic acids is 1. The smallest absolute Gasteiger partial charge is 0.326 e. The lowest BCUT2D eigenvalue weighted by Crippen LogP contribution is -2.51. The zero-order valence-electron chi connectivity index (χ0n) is 13.2. The van der Waals surface area contributed by atoms with Crippen LogP contribution in [0.1, 0.15) is 40.5 Å². The Hall–Kier alpha value is -1.63. The van der Waals surface area contributed by atoms with E-state index in [4.69, 9.17) is 10.8 Å². The molecule has 0 aliphatic heterocycles. The Labute approximate surface area is 125 Å². The van der Waals surface area contributed by atoms with Gasteiger partial charge in [0.15, 0.2) is 0 Å². The normalized spacial score (nSPS) is 16.4. The van der Waals surface area contributed by atoms with Crippen LogP contribution in [0.4, 0.5) is 0 Å². The van der Waals surface area contributed by atoms with E-state index in [1.54, 1.807) is 6.92 Å². The Balaban J connectivity index is 4.37. The van der Waals surface area contributed by atoms with Crippen molar-refractivity contribution in [1.82, 2.24) is 10.6 Å². The Morgan fingerprint density at radius 1 is 1.10 bits per heavy atom. The quantitative estimate of drug-likeness (QED) is 0.481. The Morgan fingerprint density at radius 2 is 1.62 bits per heavy atom. The van der Waals surface area contributed by atoms with Gasteiger partial charge in [-0.2, -0.15) is 0 Å². The van der Waals surface area contributed by atoms with Gasteiger partial charge in [-0.1, -0.05) is 40.5 Å². The van der Waals surface area contributed by atoms with E-state index < -0.39 is 29.9 Å². The van der Waals surface area contributed by atoms with Gasteiger partial charge in [0, 0.05) is 0 Å². The van der Waals surface area contributed by atoms with Crippen LogP contribution in [-0.2, 0) is 14.4 Å². The molecule has 2 amide bonds. The molecule has 0 spiro atoms. The van der Waals surface area contributed by atoms with E-state index >= 15 is 0 Å². The third kappa shape index (κ3) is 6.57. The van der Waals surface area contributed by atoms with Crippen molar-refractivity contribution < 1.29 is 19.5 Å². The summed E-state index contributed by atoms with van der Waals surface area (Å²) in [5.74, 6) is -2.20. The fourth-order valence-electron chi connectivity index (χ4n) is 1.71. The largest absolute Gasteiger partial charge is 0.480 e. The van der Waals surface area contributed by atoms with Crippen LogP contribution in [0.2, 0.25) is 0 Å². The lowest BCUT2D eigenvalue weighted by molar-refractivity contribution is -0.143. The van der Waals surface area contributed by atoms with Gasteiger partial charge in [0.25, 0.3) is 0 Å². The number of nitrogens with one attached hydrogen (secondary N) is 2. The molecule has 0 aliphatic rings. The Kier molecular flexibility index (Phi) is 8.61. The first-order valence-electron chi connectivity index (χ1n) is 7.29. The first-order valence-corrected chi connectivity index (χ1v) is 7.29. The predicted octanol–water partition coefficient (Wildman–Crippen LogP) is 0.0915. The fraction of sp³-hybridized carbons (Fsp3) is 0.786. The molecule has 21 heavy (non-hydrogen) atoms. The van der Waals surface area contributed by atoms with Crippen LogP contribution in [0.3, 0.4) is 0 Å². The van der Waals surface area contributed by atoms with Crippen molar-refractivity contribution in [3.8, 4) is 0 Å². The van der Waals surface area contributed by atoms with Crippen molar-refractivity contribution in [1.29, 1.82) is 0 Å². The van der Waals surface area contributed by atoms with Crippen molar-refractivity contribution in [3.05, 3.63) is 0 Å². The van der Waals surface area contributed by atoms with E-state index in [1.165, 1.54) is 0 Å².